The van der Waals surface area contributed by atoms with Gasteiger partial charge in [0.1, 0.15) is 10.2 Å². The maximum Gasteiger partial charge on any atom is 0.222 e. The molecule has 0 aliphatic carbocycles. The Kier molecular flexibility index (Phi) is 4.29. The van der Waals surface area contributed by atoms with Crippen molar-refractivity contribution in [2.45, 2.75) is 37.7 Å². The molecular formula is C16H19BrN2O2. The molecule has 0 atom stereocenters. The number of hydrogen-bond donors (Lipinski definition) is 0. The van der Waals surface area contributed by atoms with E-state index in [9.17, 15) is 4.79 Å². The van der Waals surface area contributed by atoms with Crippen molar-refractivity contribution in [2.75, 3.05) is 13.1 Å². The standard InChI is InChI=1S/C16H19BrN2O2/c17-14-12-16(21-18-14)8-10-19(11-9-16)15(20)7-6-13-4-2-1-3-5-13/h1-5H,6-12H2. The third kappa shape index (κ3) is 3.46. The average molecular weight is 351 g/mol. The molecule has 1 saturated heterocycles. The second kappa shape index (κ2) is 6.18. The van der Waals surface area contributed by atoms with Gasteiger partial charge >= 0.3 is 0 Å². The van der Waals surface area contributed by atoms with E-state index in [-0.39, 0.29) is 11.5 Å². The molecule has 112 valence electrons. The quantitative estimate of drug-likeness (QED) is 0.840. The molecule has 0 bridgehead atoms. The molecule has 1 aromatic carbocycles. The number of halogens is 1. The van der Waals surface area contributed by atoms with Gasteiger partial charge in [-0.1, -0.05) is 35.5 Å². The lowest BCUT2D eigenvalue weighted by atomic mass is 9.89. The zero-order valence-electron chi connectivity index (χ0n) is 11.9. The Hall–Kier alpha value is -1.36. The highest BCUT2D eigenvalue weighted by Crippen LogP contribution is 2.35. The molecular weight excluding hydrogens is 332 g/mol. The molecule has 4 nitrogen and oxygen atoms in total. The van der Waals surface area contributed by atoms with Gasteiger partial charge in [0.05, 0.1) is 0 Å². The van der Waals surface area contributed by atoms with Crippen LogP contribution in [-0.2, 0) is 16.1 Å². The number of carbonyl (C=O) groups excluding carboxylic acids is 1. The summed E-state index contributed by atoms with van der Waals surface area (Å²) >= 11 is 3.39. The fraction of sp³-hybridized carbons (Fsp3) is 0.500. The van der Waals surface area contributed by atoms with Crippen LogP contribution < -0.4 is 0 Å². The highest BCUT2D eigenvalue weighted by Gasteiger charge is 2.42. The highest BCUT2D eigenvalue weighted by atomic mass is 79.9. The maximum absolute atomic E-state index is 12.3. The SMILES string of the molecule is O=C(CCc1ccccc1)N1CCC2(CC1)CC(Br)=NO2. The van der Waals surface area contributed by atoms with Crippen LogP contribution in [0.3, 0.4) is 0 Å². The Morgan fingerprint density at radius 2 is 2.00 bits per heavy atom. The first-order valence-electron chi connectivity index (χ1n) is 7.39. The van der Waals surface area contributed by atoms with E-state index in [1.54, 1.807) is 0 Å². The number of amides is 1. The molecule has 0 saturated carbocycles. The zero-order valence-corrected chi connectivity index (χ0v) is 13.5. The fourth-order valence-electron chi connectivity index (χ4n) is 2.96. The van der Waals surface area contributed by atoms with E-state index >= 15 is 0 Å². The maximum atomic E-state index is 12.3. The lowest BCUT2D eigenvalue weighted by molar-refractivity contribution is -0.136. The van der Waals surface area contributed by atoms with E-state index in [2.05, 4.69) is 33.2 Å². The van der Waals surface area contributed by atoms with E-state index in [4.69, 9.17) is 4.84 Å². The summed E-state index contributed by atoms with van der Waals surface area (Å²) in [7, 11) is 0. The molecule has 3 rings (SSSR count). The van der Waals surface area contributed by atoms with E-state index in [1.165, 1.54) is 5.56 Å². The fourth-order valence-corrected chi connectivity index (χ4v) is 3.55. The number of aryl methyl sites for hydroxylation is 1. The largest absolute Gasteiger partial charge is 0.388 e. The van der Waals surface area contributed by atoms with Gasteiger partial charge < -0.3 is 9.74 Å². The summed E-state index contributed by atoms with van der Waals surface area (Å²) in [4.78, 5) is 19.8. The summed E-state index contributed by atoms with van der Waals surface area (Å²) < 4.78 is 0.881. The number of oxime groups is 1. The van der Waals surface area contributed by atoms with Gasteiger partial charge in [-0.25, -0.2) is 0 Å². The minimum absolute atomic E-state index is 0.172. The molecule has 2 aliphatic heterocycles. The number of likely N-dealkylation sites (tertiary alicyclic amines) is 1. The normalized spacial score (nSPS) is 20.2. The number of nitrogens with zero attached hydrogens (tertiary/aromatic N) is 2. The van der Waals surface area contributed by atoms with Gasteiger partial charge in [-0.15, -0.1) is 0 Å². The molecule has 1 aromatic rings. The van der Waals surface area contributed by atoms with Crippen LogP contribution in [0.5, 0.6) is 0 Å². The zero-order chi connectivity index (χ0) is 14.7. The van der Waals surface area contributed by atoms with E-state index < -0.39 is 0 Å². The van der Waals surface area contributed by atoms with E-state index in [1.807, 2.05) is 23.1 Å². The molecule has 1 fully saturated rings. The first kappa shape index (κ1) is 14.6. The minimum atomic E-state index is -0.172. The van der Waals surface area contributed by atoms with Crippen molar-refractivity contribution in [3.8, 4) is 0 Å². The number of benzene rings is 1. The summed E-state index contributed by atoms with van der Waals surface area (Å²) in [6.45, 7) is 1.53. The third-order valence-corrected chi connectivity index (χ3v) is 4.73. The van der Waals surface area contributed by atoms with Crippen molar-refractivity contribution >= 4 is 26.5 Å². The molecule has 2 heterocycles. The Bertz CT molecular complexity index is 536. The summed E-state index contributed by atoms with van der Waals surface area (Å²) in [6, 6.07) is 10.2. The van der Waals surface area contributed by atoms with Crippen molar-refractivity contribution in [1.29, 1.82) is 0 Å². The number of hydrogen-bond acceptors (Lipinski definition) is 3. The topological polar surface area (TPSA) is 41.9 Å². The molecule has 0 aromatic heterocycles. The van der Waals surface area contributed by atoms with Crippen LogP contribution in [0.15, 0.2) is 35.5 Å². The molecule has 2 aliphatic rings. The lowest BCUT2D eigenvalue weighted by Gasteiger charge is -2.37. The average Bonchev–Trinajstić information content (AvgIpc) is 2.87. The van der Waals surface area contributed by atoms with Crippen molar-refractivity contribution in [2.24, 2.45) is 5.16 Å². The lowest BCUT2D eigenvalue weighted by Crippen LogP contribution is -2.46. The van der Waals surface area contributed by atoms with Gasteiger partial charge in [0.2, 0.25) is 5.91 Å². The summed E-state index contributed by atoms with van der Waals surface area (Å²) in [5, 5.41) is 3.99. The monoisotopic (exact) mass is 350 g/mol. The first-order valence-corrected chi connectivity index (χ1v) is 8.18. The van der Waals surface area contributed by atoms with Crippen LogP contribution in [0, 0.1) is 0 Å². The molecule has 1 amide bonds. The molecule has 5 heteroatoms. The molecule has 0 unspecified atom stereocenters. The van der Waals surface area contributed by atoms with Gasteiger partial charge in [-0.2, -0.15) is 0 Å². The van der Waals surface area contributed by atoms with Crippen molar-refractivity contribution < 1.29 is 9.63 Å². The minimum Gasteiger partial charge on any atom is -0.388 e. The molecule has 21 heavy (non-hydrogen) atoms. The Morgan fingerprint density at radius 1 is 1.29 bits per heavy atom. The summed E-state index contributed by atoms with van der Waals surface area (Å²) in [5.74, 6) is 0.242. The van der Waals surface area contributed by atoms with Crippen molar-refractivity contribution in [1.82, 2.24) is 4.90 Å². The van der Waals surface area contributed by atoms with Crippen LogP contribution >= 0.6 is 15.9 Å². The second-order valence-corrected chi connectivity index (χ2v) is 6.70. The van der Waals surface area contributed by atoms with Gasteiger partial charge in [-0.05, 0) is 27.9 Å². The Labute approximate surface area is 133 Å². The number of piperidine rings is 1. The number of rotatable bonds is 3. The third-order valence-electron chi connectivity index (χ3n) is 4.30. The smallest absolute Gasteiger partial charge is 0.222 e. The number of carbonyl (C=O) groups is 1. The predicted molar refractivity (Wildman–Crippen MR) is 85.4 cm³/mol. The molecule has 0 radical (unpaired) electrons. The highest BCUT2D eigenvalue weighted by molar-refractivity contribution is 9.18. The Balaban J connectivity index is 1.47. The van der Waals surface area contributed by atoms with Crippen LogP contribution in [0.1, 0.15) is 31.2 Å². The van der Waals surface area contributed by atoms with Crippen LogP contribution in [0.2, 0.25) is 0 Å². The van der Waals surface area contributed by atoms with Gasteiger partial charge in [0, 0.05) is 38.8 Å². The Morgan fingerprint density at radius 3 is 2.62 bits per heavy atom. The van der Waals surface area contributed by atoms with Gasteiger partial charge in [0.15, 0.2) is 0 Å². The van der Waals surface area contributed by atoms with Crippen LogP contribution in [0.4, 0.5) is 0 Å². The van der Waals surface area contributed by atoms with E-state index in [0.29, 0.717) is 6.42 Å². The first-order chi connectivity index (χ1) is 10.2. The van der Waals surface area contributed by atoms with E-state index in [0.717, 1.165) is 43.4 Å². The van der Waals surface area contributed by atoms with Crippen LogP contribution in [0.25, 0.3) is 0 Å². The van der Waals surface area contributed by atoms with Crippen LogP contribution in [-0.4, -0.2) is 34.1 Å². The van der Waals surface area contributed by atoms with Crippen molar-refractivity contribution in [3.63, 3.8) is 0 Å². The molecule has 1 spiro atoms. The summed E-state index contributed by atoms with van der Waals surface area (Å²) in [5.41, 5.74) is 1.05. The summed E-state index contributed by atoms with van der Waals surface area (Å²) in [6.07, 6.45) is 3.95. The second-order valence-electron chi connectivity index (χ2n) is 5.79. The van der Waals surface area contributed by atoms with Gasteiger partial charge in [-0.3, -0.25) is 4.79 Å². The van der Waals surface area contributed by atoms with Gasteiger partial charge in [0.25, 0.3) is 0 Å². The predicted octanol–water partition coefficient (Wildman–Crippen LogP) is 3.11. The van der Waals surface area contributed by atoms with Crippen molar-refractivity contribution in [3.05, 3.63) is 35.9 Å². The molecule has 0 N–H and O–H groups in total.